The van der Waals surface area contributed by atoms with Crippen LogP contribution in [-0.2, 0) is 4.79 Å². The number of carbonyl (C=O) groups is 2. The molecule has 1 aromatic carbocycles. The van der Waals surface area contributed by atoms with E-state index in [4.69, 9.17) is 0 Å². The Balaban J connectivity index is 1.23. The van der Waals surface area contributed by atoms with Gasteiger partial charge in [0.1, 0.15) is 0 Å². The third kappa shape index (κ3) is 5.29. The fraction of sp³-hybridized carbons (Fsp3) is 0.500. The van der Waals surface area contributed by atoms with Gasteiger partial charge in [-0.25, -0.2) is 4.79 Å². The molecule has 1 N–H and O–H groups in total. The standard InChI is InChI=1S/C26H34N4O2/c1-3-19(2)15-25(31)29-13-10-21(11-14-29)20-6-8-24(9-7-20)28-26(32)30-17-23(18-30)22-5-4-12-27-16-22/h4-9,12,16,19,21,23H,3,10-11,13-15,17-18H2,1-2H3,(H,28,32). The summed E-state index contributed by atoms with van der Waals surface area (Å²) in [5, 5.41) is 3.01. The van der Waals surface area contributed by atoms with Gasteiger partial charge in [0.2, 0.25) is 5.91 Å². The summed E-state index contributed by atoms with van der Waals surface area (Å²) in [6, 6.07) is 12.2. The van der Waals surface area contributed by atoms with E-state index in [0.717, 1.165) is 51.1 Å². The Hall–Kier alpha value is -2.89. The summed E-state index contributed by atoms with van der Waals surface area (Å²) in [5.74, 6) is 1.61. The van der Waals surface area contributed by atoms with E-state index in [1.807, 2.05) is 34.2 Å². The summed E-state index contributed by atoms with van der Waals surface area (Å²) >= 11 is 0. The minimum atomic E-state index is -0.0500. The predicted molar refractivity (Wildman–Crippen MR) is 127 cm³/mol. The molecule has 4 rings (SSSR count). The zero-order chi connectivity index (χ0) is 22.5. The number of hydrogen-bond acceptors (Lipinski definition) is 3. The van der Waals surface area contributed by atoms with Crippen LogP contribution in [0.1, 0.15) is 62.5 Å². The molecule has 32 heavy (non-hydrogen) atoms. The summed E-state index contributed by atoms with van der Waals surface area (Å²) in [4.78, 5) is 33.0. The quantitative estimate of drug-likeness (QED) is 0.706. The average Bonchev–Trinajstić information content (AvgIpc) is 2.79. The van der Waals surface area contributed by atoms with Gasteiger partial charge in [-0.1, -0.05) is 38.5 Å². The number of amides is 3. The van der Waals surface area contributed by atoms with Crippen LogP contribution in [0.15, 0.2) is 48.8 Å². The normalized spacial score (nSPS) is 18.2. The number of anilines is 1. The molecule has 3 amide bonds. The van der Waals surface area contributed by atoms with Gasteiger partial charge in [-0.3, -0.25) is 9.78 Å². The van der Waals surface area contributed by atoms with Crippen molar-refractivity contribution >= 4 is 17.6 Å². The molecule has 6 heteroatoms. The van der Waals surface area contributed by atoms with Crippen LogP contribution in [0.4, 0.5) is 10.5 Å². The molecule has 1 atom stereocenters. The highest BCUT2D eigenvalue weighted by molar-refractivity contribution is 5.90. The van der Waals surface area contributed by atoms with Crippen molar-refractivity contribution in [2.45, 2.75) is 51.4 Å². The number of rotatable bonds is 6. The molecule has 6 nitrogen and oxygen atoms in total. The van der Waals surface area contributed by atoms with Crippen LogP contribution in [0.5, 0.6) is 0 Å². The Morgan fingerprint density at radius 1 is 1.03 bits per heavy atom. The first-order valence-electron chi connectivity index (χ1n) is 11.9. The summed E-state index contributed by atoms with van der Waals surface area (Å²) in [6.07, 6.45) is 7.37. The third-order valence-corrected chi connectivity index (χ3v) is 7.03. The van der Waals surface area contributed by atoms with Crippen LogP contribution in [0, 0.1) is 5.92 Å². The molecule has 2 aromatic rings. The maximum absolute atomic E-state index is 12.5. The van der Waals surface area contributed by atoms with E-state index in [1.165, 1.54) is 11.1 Å². The summed E-state index contributed by atoms with van der Waals surface area (Å²) < 4.78 is 0. The minimum Gasteiger partial charge on any atom is -0.343 e. The molecule has 1 unspecified atom stereocenters. The molecule has 1 aromatic heterocycles. The van der Waals surface area contributed by atoms with E-state index in [0.29, 0.717) is 30.1 Å². The summed E-state index contributed by atoms with van der Waals surface area (Å²) in [6.45, 7) is 7.41. The molecule has 0 spiro atoms. The molecular formula is C26H34N4O2. The number of nitrogens with one attached hydrogen (secondary N) is 1. The lowest BCUT2D eigenvalue weighted by atomic mass is 9.89. The molecule has 3 heterocycles. The van der Waals surface area contributed by atoms with E-state index in [9.17, 15) is 9.59 Å². The fourth-order valence-electron chi connectivity index (χ4n) is 4.55. The van der Waals surface area contributed by atoms with Crippen molar-refractivity contribution in [3.8, 4) is 0 Å². The molecule has 2 aliphatic heterocycles. The van der Waals surface area contributed by atoms with Gasteiger partial charge in [0.15, 0.2) is 0 Å². The number of carbonyl (C=O) groups excluding carboxylic acids is 2. The summed E-state index contributed by atoms with van der Waals surface area (Å²) in [5.41, 5.74) is 3.30. The van der Waals surface area contributed by atoms with Crippen molar-refractivity contribution in [2.24, 2.45) is 5.92 Å². The monoisotopic (exact) mass is 434 g/mol. The fourth-order valence-corrected chi connectivity index (χ4v) is 4.55. The topological polar surface area (TPSA) is 65.5 Å². The summed E-state index contributed by atoms with van der Waals surface area (Å²) in [7, 11) is 0. The Morgan fingerprint density at radius 2 is 1.75 bits per heavy atom. The Kier molecular flexibility index (Phi) is 7.08. The van der Waals surface area contributed by atoms with Gasteiger partial charge < -0.3 is 15.1 Å². The zero-order valence-electron chi connectivity index (χ0n) is 19.2. The lowest BCUT2D eigenvalue weighted by Gasteiger charge is -2.39. The zero-order valence-corrected chi connectivity index (χ0v) is 19.2. The highest BCUT2D eigenvalue weighted by Gasteiger charge is 2.32. The largest absolute Gasteiger partial charge is 0.343 e. The maximum Gasteiger partial charge on any atom is 0.321 e. The molecule has 170 valence electrons. The van der Waals surface area contributed by atoms with Crippen molar-refractivity contribution in [3.05, 3.63) is 59.9 Å². The van der Waals surface area contributed by atoms with E-state index in [-0.39, 0.29) is 6.03 Å². The van der Waals surface area contributed by atoms with E-state index < -0.39 is 0 Å². The van der Waals surface area contributed by atoms with Crippen molar-refractivity contribution in [1.29, 1.82) is 0 Å². The van der Waals surface area contributed by atoms with Gasteiger partial charge in [0.25, 0.3) is 0 Å². The number of pyridine rings is 1. The number of aromatic nitrogens is 1. The van der Waals surface area contributed by atoms with Gasteiger partial charge in [0, 0.05) is 56.6 Å². The first-order valence-corrected chi connectivity index (χ1v) is 11.9. The molecule has 2 saturated heterocycles. The Morgan fingerprint density at radius 3 is 2.38 bits per heavy atom. The second kappa shape index (κ2) is 10.2. The van der Waals surface area contributed by atoms with Crippen LogP contribution < -0.4 is 5.32 Å². The minimum absolute atomic E-state index is 0.0500. The van der Waals surface area contributed by atoms with Crippen LogP contribution in [0.25, 0.3) is 0 Å². The number of benzene rings is 1. The molecule has 0 bridgehead atoms. The smallest absolute Gasteiger partial charge is 0.321 e. The van der Waals surface area contributed by atoms with Gasteiger partial charge in [-0.05, 0) is 54.0 Å². The van der Waals surface area contributed by atoms with Crippen molar-refractivity contribution in [1.82, 2.24) is 14.8 Å². The van der Waals surface area contributed by atoms with Gasteiger partial charge in [-0.15, -0.1) is 0 Å². The molecule has 0 radical (unpaired) electrons. The van der Waals surface area contributed by atoms with Crippen molar-refractivity contribution in [3.63, 3.8) is 0 Å². The number of likely N-dealkylation sites (tertiary alicyclic amines) is 2. The third-order valence-electron chi connectivity index (χ3n) is 7.03. The van der Waals surface area contributed by atoms with E-state index in [2.05, 4.69) is 42.3 Å². The lowest BCUT2D eigenvalue weighted by molar-refractivity contribution is -0.133. The van der Waals surface area contributed by atoms with Crippen LogP contribution >= 0.6 is 0 Å². The van der Waals surface area contributed by atoms with Crippen molar-refractivity contribution in [2.75, 3.05) is 31.5 Å². The average molecular weight is 435 g/mol. The molecule has 0 saturated carbocycles. The number of nitrogens with zero attached hydrogens (tertiary/aromatic N) is 3. The van der Waals surface area contributed by atoms with Crippen LogP contribution in [0.3, 0.4) is 0 Å². The SMILES string of the molecule is CCC(C)CC(=O)N1CCC(c2ccc(NC(=O)N3CC(c4cccnc4)C3)cc2)CC1. The molecule has 0 aliphatic carbocycles. The predicted octanol–water partition coefficient (Wildman–Crippen LogP) is 4.86. The lowest BCUT2D eigenvalue weighted by Crippen LogP contribution is -2.50. The second-order valence-electron chi connectivity index (χ2n) is 9.31. The van der Waals surface area contributed by atoms with Gasteiger partial charge >= 0.3 is 6.03 Å². The number of urea groups is 1. The molecule has 2 fully saturated rings. The van der Waals surface area contributed by atoms with E-state index >= 15 is 0 Å². The van der Waals surface area contributed by atoms with Gasteiger partial charge in [0.05, 0.1) is 0 Å². The number of hydrogen-bond donors (Lipinski definition) is 1. The van der Waals surface area contributed by atoms with E-state index in [1.54, 1.807) is 6.20 Å². The van der Waals surface area contributed by atoms with Gasteiger partial charge in [-0.2, -0.15) is 0 Å². The Labute approximate surface area is 191 Å². The van der Waals surface area contributed by atoms with Crippen LogP contribution in [-0.4, -0.2) is 52.9 Å². The van der Waals surface area contributed by atoms with Crippen molar-refractivity contribution < 1.29 is 9.59 Å². The first-order chi connectivity index (χ1) is 15.5. The number of piperidine rings is 1. The Bertz CT molecular complexity index is 901. The maximum atomic E-state index is 12.5. The highest BCUT2D eigenvalue weighted by atomic mass is 16.2. The molecular weight excluding hydrogens is 400 g/mol. The second-order valence-corrected chi connectivity index (χ2v) is 9.31. The highest BCUT2D eigenvalue weighted by Crippen LogP contribution is 2.30. The van der Waals surface area contributed by atoms with Crippen LogP contribution in [0.2, 0.25) is 0 Å². The molecule has 2 aliphatic rings. The first kappa shape index (κ1) is 22.3.